The first-order valence-corrected chi connectivity index (χ1v) is 6.14. The lowest BCUT2D eigenvalue weighted by atomic mass is 9.91. The van der Waals surface area contributed by atoms with E-state index in [0.717, 1.165) is 25.9 Å². The molecule has 0 aliphatic carbocycles. The van der Waals surface area contributed by atoms with Gasteiger partial charge in [0.05, 0.1) is 0 Å². The van der Waals surface area contributed by atoms with E-state index in [1.54, 1.807) is 12.3 Å². The third-order valence-corrected chi connectivity index (χ3v) is 3.45. The molecule has 4 nitrogen and oxygen atoms in total. The van der Waals surface area contributed by atoms with E-state index in [9.17, 15) is 4.79 Å². The Morgan fingerprint density at radius 1 is 1.37 bits per heavy atom. The Balaban J connectivity index is 0.00000162. The summed E-state index contributed by atoms with van der Waals surface area (Å²) in [4.78, 5) is 18.1. The molecule has 1 amide bonds. The van der Waals surface area contributed by atoms with Crippen molar-refractivity contribution >= 4 is 30.7 Å². The fourth-order valence-corrected chi connectivity index (χ4v) is 2.28. The third-order valence-electron chi connectivity index (χ3n) is 3.45. The van der Waals surface area contributed by atoms with Crippen molar-refractivity contribution in [2.75, 3.05) is 13.1 Å². The van der Waals surface area contributed by atoms with Gasteiger partial charge in [-0.2, -0.15) is 0 Å². The van der Waals surface area contributed by atoms with Gasteiger partial charge < -0.3 is 10.6 Å². The number of hydrogen-bond donors (Lipinski definition) is 1. The Morgan fingerprint density at radius 3 is 2.47 bits per heavy atom. The average Bonchev–Trinajstić information content (AvgIpc) is 2.39. The van der Waals surface area contributed by atoms with Crippen LogP contribution in [0.1, 0.15) is 30.3 Å². The van der Waals surface area contributed by atoms with Gasteiger partial charge in [-0.1, -0.05) is 6.07 Å². The van der Waals surface area contributed by atoms with Crippen molar-refractivity contribution in [2.24, 2.45) is 11.7 Å². The number of amides is 1. The van der Waals surface area contributed by atoms with Gasteiger partial charge in [-0.15, -0.1) is 24.8 Å². The van der Waals surface area contributed by atoms with E-state index in [4.69, 9.17) is 5.73 Å². The summed E-state index contributed by atoms with van der Waals surface area (Å²) >= 11 is 0. The molecule has 0 bridgehead atoms. The fraction of sp³-hybridized carbons (Fsp3) is 0.538. The minimum atomic E-state index is 0. The molecule has 1 aromatic heterocycles. The lowest BCUT2D eigenvalue weighted by molar-refractivity contribution is 0.0675. The molecule has 108 valence electrons. The van der Waals surface area contributed by atoms with Crippen LogP contribution in [-0.4, -0.2) is 34.9 Å². The summed E-state index contributed by atoms with van der Waals surface area (Å²) in [5.41, 5.74) is 6.42. The molecule has 1 saturated heterocycles. The standard InChI is InChI=1S/C13H19N3O.2ClH/c1-10(14)11-5-8-16(9-6-11)13(17)12-4-2-3-7-15-12;;/h2-4,7,10-11H,5-6,8-9,14H2,1H3;2*1H. The quantitative estimate of drug-likeness (QED) is 0.910. The fourth-order valence-electron chi connectivity index (χ4n) is 2.28. The van der Waals surface area contributed by atoms with Crippen LogP contribution < -0.4 is 5.73 Å². The highest BCUT2D eigenvalue weighted by atomic mass is 35.5. The van der Waals surface area contributed by atoms with Gasteiger partial charge in [-0.25, -0.2) is 0 Å². The maximum Gasteiger partial charge on any atom is 0.272 e. The normalized spacial score (nSPS) is 17.1. The molecule has 1 aliphatic heterocycles. The number of rotatable bonds is 2. The Labute approximate surface area is 126 Å². The van der Waals surface area contributed by atoms with E-state index in [1.165, 1.54) is 0 Å². The highest BCUT2D eigenvalue weighted by Gasteiger charge is 2.25. The lowest BCUT2D eigenvalue weighted by Gasteiger charge is -2.33. The van der Waals surface area contributed by atoms with Gasteiger partial charge in [-0.3, -0.25) is 9.78 Å². The summed E-state index contributed by atoms with van der Waals surface area (Å²) in [7, 11) is 0. The lowest BCUT2D eigenvalue weighted by Crippen LogP contribution is -2.42. The van der Waals surface area contributed by atoms with Crippen molar-refractivity contribution in [3.05, 3.63) is 30.1 Å². The molecule has 0 spiro atoms. The largest absolute Gasteiger partial charge is 0.337 e. The van der Waals surface area contributed by atoms with Gasteiger partial charge >= 0.3 is 0 Å². The van der Waals surface area contributed by atoms with Gasteiger partial charge in [-0.05, 0) is 37.8 Å². The molecule has 6 heteroatoms. The molecule has 2 rings (SSSR count). The van der Waals surface area contributed by atoms with E-state index >= 15 is 0 Å². The van der Waals surface area contributed by atoms with Gasteiger partial charge in [0.15, 0.2) is 0 Å². The number of likely N-dealkylation sites (tertiary alicyclic amines) is 1. The highest BCUT2D eigenvalue weighted by Crippen LogP contribution is 2.20. The maximum atomic E-state index is 12.1. The van der Waals surface area contributed by atoms with Crippen molar-refractivity contribution in [2.45, 2.75) is 25.8 Å². The van der Waals surface area contributed by atoms with Crippen LogP contribution in [0, 0.1) is 5.92 Å². The highest BCUT2D eigenvalue weighted by molar-refractivity contribution is 5.92. The van der Waals surface area contributed by atoms with Crippen molar-refractivity contribution in [1.82, 2.24) is 9.88 Å². The van der Waals surface area contributed by atoms with Crippen LogP contribution in [0.3, 0.4) is 0 Å². The minimum absolute atomic E-state index is 0. The molecule has 2 heterocycles. The SMILES string of the molecule is CC(N)C1CCN(C(=O)c2ccccn2)CC1.Cl.Cl. The van der Waals surface area contributed by atoms with E-state index in [2.05, 4.69) is 4.98 Å². The molecule has 19 heavy (non-hydrogen) atoms. The summed E-state index contributed by atoms with van der Waals surface area (Å²) in [5, 5.41) is 0. The van der Waals surface area contributed by atoms with Gasteiger partial charge in [0.25, 0.3) is 5.91 Å². The summed E-state index contributed by atoms with van der Waals surface area (Å²) in [6.07, 6.45) is 3.65. The van der Waals surface area contributed by atoms with Gasteiger partial charge in [0.2, 0.25) is 0 Å². The average molecular weight is 306 g/mol. The number of hydrogen-bond acceptors (Lipinski definition) is 3. The summed E-state index contributed by atoms with van der Waals surface area (Å²) in [5.74, 6) is 0.580. The smallest absolute Gasteiger partial charge is 0.272 e. The number of piperidine rings is 1. The molecule has 0 radical (unpaired) electrons. The number of halogens is 2. The van der Waals surface area contributed by atoms with Crippen LogP contribution >= 0.6 is 24.8 Å². The Hall–Kier alpha value is -0.840. The molecule has 1 aromatic rings. The van der Waals surface area contributed by atoms with E-state index in [0.29, 0.717) is 11.6 Å². The van der Waals surface area contributed by atoms with E-state index in [1.807, 2.05) is 24.0 Å². The molecule has 2 N–H and O–H groups in total. The van der Waals surface area contributed by atoms with Crippen molar-refractivity contribution < 1.29 is 4.79 Å². The van der Waals surface area contributed by atoms with Crippen molar-refractivity contribution in [3.63, 3.8) is 0 Å². The van der Waals surface area contributed by atoms with Gasteiger partial charge in [0.1, 0.15) is 5.69 Å². The van der Waals surface area contributed by atoms with Crippen LogP contribution in [0.25, 0.3) is 0 Å². The maximum absolute atomic E-state index is 12.1. The Kier molecular flexibility index (Phi) is 7.99. The first-order chi connectivity index (χ1) is 8.18. The zero-order chi connectivity index (χ0) is 12.3. The zero-order valence-corrected chi connectivity index (χ0v) is 12.6. The van der Waals surface area contributed by atoms with Crippen LogP contribution in [0.4, 0.5) is 0 Å². The number of pyridine rings is 1. The zero-order valence-electron chi connectivity index (χ0n) is 11.0. The Morgan fingerprint density at radius 2 is 2.00 bits per heavy atom. The van der Waals surface area contributed by atoms with E-state index < -0.39 is 0 Å². The predicted molar refractivity (Wildman–Crippen MR) is 81.0 cm³/mol. The third kappa shape index (κ3) is 4.64. The van der Waals surface area contributed by atoms with Crippen LogP contribution in [-0.2, 0) is 0 Å². The summed E-state index contributed by atoms with van der Waals surface area (Å²) in [6, 6.07) is 5.65. The second kappa shape index (κ2) is 8.35. The first-order valence-electron chi connectivity index (χ1n) is 6.14. The molecule has 1 fully saturated rings. The molecule has 1 aliphatic rings. The number of carbonyl (C=O) groups excluding carboxylic acids is 1. The summed E-state index contributed by atoms with van der Waals surface area (Å²) in [6.45, 7) is 3.63. The van der Waals surface area contributed by atoms with Crippen molar-refractivity contribution in [1.29, 1.82) is 0 Å². The second-order valence-corrected chi connectivity index (χ2v) is 4.70. The minimum Gasteiger partial charge on any atom is -0.337 e. The molecule has 0 aromatic carbocycles. The Bertz CT molecular complexity index is 379. The van der Waals surface area contributed by atoms with E-state index in [-0.39, 0.29) is 36.8 Å². The van der Waals surface area contributed by atoms with Crippen LogP contribution in [0.15, 0.2) is 24.4 Å². The number of carbonyl (C=O) groups is 1. The predicted octanol–water partition coefficient (Wildman–Crippen LogP) is 2.12. The number of aromatic nitrogens is 1. The molecular formula is C13H21Cl2N3O. The summed E-state index contributed by atoms with van der Waals surface area (Å²) < 4.78 is 0. The van der Waals surface area contributed by atoms with Gasteiger partial charge in [0, 0.05) is 25.3 Å². The molecular weight excluding hydrogens is 285 g/mol. The van der Waals surface area contributed by atoms with Crippen LogP contribution in [0.5, 0.6) is 0 Å². The number of nitrogens with zero attached hydrogens (tertiary/aromatic N) is 2. The van der Waals surface area contributed by atoms with Crippen LogP contribution in [0.2, 0.25) is 0 Å². The first kappa shape index (κ1) is 18.2. The molecule has 1 unspecified atom stereocenters. The molecule has 1 atom stereocenters. The van der Waals surface area contributed by atoms with Crippen molar-refractivity contribution in [3.8, 4) is 0 Å². The topological polar surface area (TPSA) is 59.2 Å². The molecule has 0 saturated carbocycles. The number of nitrogens with two attached hydrogens (primary N) is 1. The second-order valence-electron chi connectivity index (χ2n) is 4.70. The monoisotopic (exact) mass is 305 g/mol.